The van der Waals surface area contributed by atoms with E-state index in [1.165, 1.54) is 4.90 Å². The molecule has 0 unspecified atom stereocenters. The zero-order valence-electron chi connectivity index (χ0n) is 11.3. The SMILES string of the molecule is CC(C)CS(=O)(=O)CCC(=O)N1CCC[C@H]1C(=O)O. The molecule has 1 N–H and O–H groups in total. The third-order valence-electron chi connectivity index (χ3n) is 3.07. The lowest BCUT2D eigenvalue weighted by Crippen LogP contribution is -2.41. The van der Waals surface area contributed by atoms with Crippen LogP contribution in [0.2, 0.25) is 0 Å². The lowest BCUT2D eigenvalue weighted by atomic mass is 10.2. The van der Waals surface area contributed by atoms with Gasteiger partial charge in [-0.15, -0.1) is 0 Å². The van der Waals surface area contributed by atoms with E-state index in [-0.39, 0.29) is 29.8 Å². The van der Waals surface area contributed by atoms with Gasteiger partial charge in [0.15, 0.2) is 9.84 Å². The Bertz CT molecular complexity index is 443. The Morgan fingerprint density at radius 3 is 2.53 bits per heavy atom. The van der Waals surface area contributed by atoms with Crippen LogP contribution in [0.1, 0.15) is 33.1 Å². The van der Waals surface area contributed by atoms with Gasteiger partial charge in [-0.2, -0.15) is 0 Å². The molecular formula is C12H21NO5S. The zero-order chi connectivity index (χ0) is 14.6. The van der Waals surface area contributed by atoms with Gasteiger partial charge in [-0.25, -0.2) is 13.2 Å². The van der Waals surface area contributed by atoms with Crippen LogP contribution >= 0.6 is 0 Å². The highest BCUT2D eigenvalue weighted by Gasteiger charge is 2.34. The molecule has 7 heteroatoms. The van der Waals surface area contributed by atoms with Crippen LogP contribution in [0, 0.1) is 5.92 Å². The maximum absolute atomic E-state index is 11.9. The maximum atomic E-state index is 11.9. The van der Waals surface area contributed by atoms with Crippen molar-refractivity contribution in [3.8, 4) is 0 Å². The van der Waals surface area contributed by atoms with E-state index in [0.29, 0.717) is 19.4 Å². The highest BCUT2D eigenvalue weighted by atomic mass is 32.2. The van der Waals surface area contributed by atoms with Crippen LogP contribution in [-0.4, -0.2) is 54.4 Å². The van der Waals surface area contributed by atoms with Crippen molar-refractivity contribution in [3.63, 3.8) is 0 Å². The third-order valence-corrected chi connectivity index (χ3v) is 5.07. The fourth-order valence-corrected chi connectivity index (χ4v) is 3.97. The molecule has 1 heterocycles. The normalized spacial score (nSPS) is 19.9. The molecule has 1 aliphatic heterocycles. The summed E-state index contributed by atoms with van der Waals surface area (Å²) < 4.78 is 23.4. The summed E-state index contributed by atoms with van der Waals surface area (Å²) in [5.41, 5.74) is 0. The average molecular weight is 291 g/mol. The Morgan fingerprint density at radius 2 is 2.00 bits per heavy atom. The summed E-state index contributed by atoms with van der Waals surface area (Å²) in [4.78, 5) is 24.1. The van der Waals surface area contributed by atoms with Crippen LogP contribution in [0.25, 0.3) is 0 Å². The van der Waals surface area contributed by atoms with Crippen LogP contribution in [-0.2, 0) is 19.4 Å². The van der Waals surface area contributed by atoms with E-state index in [0.717, 1.165) is 0 Å². The number of hydrogen-bond donors (Lipinski definition) is 1. The Kier molecular flexibility index (Phi) is 5.34. The van der Waals surface area contributed by atoms with Crippen molar-refractivity contribution in [1.29, 1.82) is 0 Å². The molecule has 0 saturated carbocycles. The van der Waals surface area contributed by atoms with Gasteiger partial charge in [-0.05, 0) is 18.8 Å². The number of hydrogen-bond acceptors (Lipinski definition) is 4. The van der Waals surface area contributed by atoms with E-state index < -0.39 is 21.8 Å². The van der Waals surface area contributed by atoms with Crippen molar-refractivity contribution in [2.45, 2.75) is 39.2 Å². The molecule has 0 aromatic heterocycles. The Morgan fingerprint density at radius 1 is 1.37 bits per heavy atom. The largest absolute Gasteiger partial charge is 0.480 e. The van der Waals surface area contributed by atoms with E-state index in [4.69, 9.17) is 5.11 Å². The van der Waals surface area contributed by atoms with Gasteiger partial charge < -0.3 is 10.0 Å². The molecule has 1 amide bonds. The van der Waals surface area contributed by atoms with Crippen LogP contribution < -0.4 is 0 Å². The second kappa shape index (κ2) is 6.36. The first-order valence-corrected chi connectivity index (χ1v) is 8.28. The van der Waals surface area contributed by atoms with Crippen molar-refractivity contribution < 1.29 is 23.1 Å². The van der Waals surface area contributed by atoms with Crippen molar-refractivity contribution in [3.05, 3.63) is 0 Å². The summed E-state index contributed by atoms with van der Waals surface area (Å²) >= 11 is 0. The molecule has 0 bridgehead atoms. The molecule has 1 rings (SSSR count). The summed E-state index contributed by atoms with van der Waals surface area (Å²) in [5.74, 6) is -1.51. The lowest BCUT2D eigenvalue weighted by molar-refractivity contribution is -0.148. The number of aliphatic carboxylic acids is 1. The minimum absolute atomic E-state index is 0.0265. The minimum Gasteiger partial charge on any atom is -0.480 e. The van der Waals surface area contributed by atoms with Crippen LogP contribution in [0.4, 0.5) is 0 Å². The molecule has 0 aliphatic carbocycles. The molecule has 1 fully saturated rings. The summed E-state index contributed by atoms with van der Waals surface area (Å²) in [7, 11) is -3.24. The number of amides is 1. The number of sulfone groups is 1. The topological polar surface area (TPSA) is 91.8 Å². The van der Waals surface area contributed by atoms with Gasteiger partial charge in [0.25, 0.3) is 0 Å². The van der Waals surface area contributed by atoms with Gasteiger partial charge in [0.2, 0.25) is 5.91 Å². The smallest absolute Gasteiger partial charge is 0.326 e. The molecule has 19 heavy (non-hydrogen) atoms. The van der Waals surface area contributed by atoms with E-state index in [9.17, 15) is 18.0 Å². The van der Waals surface area contributed by atoms with Gasteiger partial charge in [0.1, 0.15) is 6.04 Å². The van der Waals surface area contributed by atoms with Crippen LogP contribution in [0.3, 0.4) is 0 Å². The molecule has 110 valence electrons. The molecule has 1 aliphatic rings. The first-order chi connectivity index (χ1) is 8.73. The summed E-state index contributed by atoms with van der Waals surface area (Å²) in [5, 5.41) is 8.97. The highest BCUT2D eigenvalue weighted by Crippen LogP contribution is 2.18. The first-order valence-electron chi connectivity index (χ1n) is 6.45. The van der Waals surface area contributed by atoms with Crippen molar-refractivity contribution in [2.24, 2.45) is 5.92 Å². The fourth-order valence-electron chi connectivity index (χ4n) is 2.30. The van der Waals surface area contributed by atoms with E-state index >= 15 is 0 Å². The molecule has 1 saturated heterocycles. The number of carboxylic acid groups (broad SMARTS) is 1. The van der Waals surface area contributed by atoms with Crippen LogP contribution in [0.15, 0.2) is 0 Å². The molecular weight excluding hydrogens is 270 g/mol. The number of carbonyl (C=O) groups excluding carboxylic acids is 1. The quantitative estimate of drug-likeness (QED) is 0.770. The summed E-state index contributed by atoms with van der Waals surface area (Å²) in [6, 6.07) is -0.791. The number of carboxylic acids is 1. The Labute approximate surface area is 113 Å². The van der Waals surface area contributed by atoms with Gasteiger partial charge in [0, 0.05) is 13.0 Å². The number of nitrogens with zero attached hydrogens (tertiary/aromatic N) is 1. The molecule has 0 spiro atoms. The zero-order valence-corrected chi connectivity index (χ0v) is 12.1. The Balaban J connectivity index is 2.54. The number of carbonyl (C=O) groups is 2. The van der Waals surface area contributed by atoms with Crippen molar-refractivity contribution in [2.75, 3.05) is 18.1 Å². The van der Waals surface area contributed by atoms with Crippen molar-refractivity contribution >= 4 is 21.7 Å². The Hall–Kier alpha value is -1.11. The number of likely N-dealkylation sites (tertiary alicyclic amines) is 1. The van der Waals surface area contributed by atoms with Crippen LogP contribution in [0.5, 0.6) is 0 Å². The van der Waals surface area contributed by atoms with E-state index in [1.807, 2.05) is 0 Å². The van der Waals surface area contributed by atoms with Gasteiger partial charge in [-0.3, -0.25) is 4.79 Å². The van der Waals surface area contributed by atoms with Crippen molar-refractivity contribution in [1.82, 2.24) is 4.90 Å². The minimum atomic E-state index is -3.24. The average Bonchev–Trinajstić information content (AvgIpc) is 2.73. The van der Waals surface area contributed by atoms with Gasteiger partial charge >= 0.3 is 5.97 Å². The number of rotatable bonds is 6. The first kappa shape index (κ1) is 15.9. The highest BCUT2D eigenvalue weighted by molar-refractivity contribution is 7.91. The standard InChI is InChI=1S/C12H21NO5S/c1-9(2)8-19(17,18)7-5-11(14)13-6-3-4-10(13)12(15)16/h9-10H,3-8H2,1-2H3,(H,15,16)/t10-/m0/s1. The lowest BCUT2D eigenvalue weighted by Gasteiger charge is -2.21. The maximum Gasteiger partial charge on any atom is 0.326 e. The van der Waals surface area contributed by atoms with Gasteiger partial charge in [-0.1, -0.05) is 13.8 Å². The van der Waals surface area contributed by atoms with E-state index in [1.54, 1.807) is 13.8 Å². The molecule has 0 aromatic rings. The monoisotopic (exact) mass is 291 g/mol. The second-order valence-electron chi connectivity index (χ2n) is 5.34. The fraction of sp³-hybridized carbons (Fsp3) is 0.833. The van der Waals surface area contributed by atoms with E-state index in [2.05, 4.69) is 0 Å². The molecule has 6 nitrogen and oxygen atoms in total. The summed E-state index contributed by atoms with van der Waals surface area (Å²) in [6.45, 7) is 4.01. The summed E-state index contributed by atoms with van der Waals surface area (Å²) in [6.07, 6.45) is 0.972. The second-order valence-corrected chi connectivity index (χ2v) is 7.57. The predicted octanol–water partition coefficient (Wildman–Crippen LogP) is 0.523. The van der Waals surface area contributed by atoms with Gasteiger partial charge in [0.05, 0.1) is 11.5 Å². The molecule has 1 atom stereocenters. The molecule has 0 radical (unpaired) electrons. The predicted molar refractivity (Wildman–Crippen MR) is 70.5 cm³/mol. The molecule has 0 aromatic carbocycles. The third kappa shape index (κ3) is 4.81.